The van der Waals surface area contributed by atoms with Crippen LogP contribution in [0.3, 0.4) is 0 Å². The Labute approximate surface area is 167 Å². The third-order valence-corrected chi connectivity index (χ3v) is 5.48. The van der Waals surface area contributed by atoms with Crippen molar-refractivity contribution in [2.24, 2.45) is 5.92 Å². The molecule has 2 aliphatic rings. The fourth-order valence-corrected chi connectivity index (χ4v) is 4.02. The zero-order chi connectivity index (χ0) is 20.3. The first-order chi connectivity index (χ1) is 13.5. The molecule has 0 bridgehead atoms. The monoisotopic (exact) mass is 385 g/mol. The Hall–Kier alpha value is -2.34. The molecule has 3 N–H and O–H groups in total. The summed E-state index contributed by atoms with van der Waals surface area (Å²) in [6.07, 6.45) is 5.87. The van der Waals surface area contributed by atoms with Crippen LogP contribution in [0.5, 0.6) is 0 Å². The quantitative estimate of drug-likeness (QED) is 0.674. The fraction of sp³-hybridized carbons (Fsp3) is 0.545. The molecule has 1 heterocycles. The number of allylic oxidation sites excluding steroid dienone is 1. The molecule has 1 aliphatic heterocycles. The number of benzene rings is 1. The lowest BCUT2D eigenvalue weighted by molar-refractivity contribution is -0.151. The number of likely N-dealkylation sites (tertiary alicyclic amines) is 1. The molecule has 6 nitrogen and oxygen atoms in total. The first-order valence-electron chi connectivity index (χ1n) is 10.2. The molecule has 152 valence electrons. The minimum Gasteiger partial charge on any atom is -0.394 e. The maximum Gasteiger partial charge on any atom is 0.315 e. The second-order valence-corrected chi connectivity index (χ2v) is 8.04. The van der Waals surface area contributed by atoms with Gasteiger partial charge in [0, 0.05) is 24.4 Å². The molecule has 0 radical (unpaired) electrons. The lowest BCUT2D eigenvalue weighted by atomic mass is 9.74. The van der Waals surface area contributed by atoms with Crippen molar-refractivity contribution in [1.29, 1.82) is 0 Å². The van der Waals surface area contributed by atoms with Crippen LogP contribution in [0.4, 0.5) is 4.79 Å². The van der Waals surface area contributed by atoms with Crippen LogP contribution in [-0.2, 0) is 4.79 Å². The van der Waals surface area contributed by atoms with Gasteiger partial charge in [0.25, 0.3) is 0 Å². The highest BCUT2D eigenvalue weighted by Gasteiger charge is 2.53. The number of carbonyl (C=O) groups excluding carboxylic acids is 2. The summed E-state index contributed by atoms with van der Waals surface area (Å²) in [6, 6.07) is 7.65. The first-order valence-corrected chi connectivity index (χ1v) is 10.2. The summed E-state index contributed by atoms with van der Waals surface area (Å²) in [4.78, 5) is 26.6. The average molecular weight is 386 g/mol. The molecular weight excluding hydrogens is 354 g/mol. The molecule has 1 aromatic rings. The number of hydrogen-bond donors (Lipinski definition) is 3. The third kappa shape index (κ3) is 4.38. The van der Waals surface area contributed by atoms with Gasteiger partial charge >= 0.3 is 6.03 Å². The molecule has 1 saturated heterocycles. The Bertz CT molecular complexity index is 725. The Balaban J connectivity index is 1.78. The summed E-state index contributed by atoms with van der Waals surface area (Å²) >= 11 is 0. The number of nitrogens with zero attached hydrogens (tertiary/aromatic N) is 1. The van der Waals surface area contributed by atoms with Gasteiger partial charge in [0.15, 0.2) is 0 Å². The van der Waals surface area contributed by atoms with Gasteiger partial charge in [0.1, 0.15) is 0 Å². The minimum absolute atomic E-state index is 0.00621. The number of hydrogen-bond acceptors (Lipinski definition) is 3. The maximum atomic E-state index is 12.8. The van der Waals surface area contributed by atoms with Gasteiger partial charge in [-0.3, -0.25) is 4.79 Å². The number of amides is 3. The topological polar surface area (TPSA) is 81.7 Å². The summed E-state index contributed by atoms with van der Waals surface area (Å²) in [5, 5.41) is 15.7. The molecule has 1 saturated carbocycles. The third-order valence-electron chi connectivity index (χ3n) is 5.48. The van der Waals surface area contributed by atoms with Gasteiger partial charge in [-0.15, -0.1) is 0 Å². The van der Waals surface area contributed by atoms with Crippen LogP contribution in [0.1, 0.15) is 50.7 Å². The molecule has 3 atom stereocenters. The van der Waals surface area contributed by atoms with Gasteiger partial charge in [-0.1, -0.05) is 36.4 Å². The van der Waals surface area contributed by atoms with E-state index in [1.165, 1.54) is 0 Å². The Morgan fingerprint density at radius 3 is 2.43 bits per heavy atom. The van der Waals surface area contributed by atoms with Crippen molar-refractivity contribution < 1.29 is 14.7 Å². The van der Waals surface area contributed by atoms with Crippen LogP contribution in [0.2, 0.25) is 0 Å². The van der Waals surface area contributed by atoms with Crippen LogP contribution >= 0.6 is 0 Å². The summed E-state index contributed by atoms with van der Waals surface area (Å²) in [5.74, 6) is 0.197. The summed E-state index contributed by atoms with van der Waals surface area (Å²) in [5.41, 5.74) is 2.20. The van der Waals surface area contributed by atoms with Crippen molar-refractivity contribution in [2.75, 3.05) is 13.2 Å². The van der Waals surface area contributed by atoms with E-state index in [2.05, 4.69) is 22.8 Å². The molecule has 0 aromatic heterocycles. The number of aliphatic hydroxyl groups excluding tert-OH is 1. The largest absolute Gasteiger partial charge is 0.394 e. The van der Waals surface area contributed by atoms with E-state index in [0.717, 1.165) is 24.0 Å². The highest BCUT2D eigenvalue weighted by molar-refractivity contribution is 5.83. The molecule has 28 heavy (non-hydrogen) atoms. The smallest absolute Gasteiger partial charge is 0.315 e. The van der Waals surface area contributed by atoms with E-state index >= 15 is 0 Å². The lowest BCUT2D eigenvalue weighted by Crippen LogP contribution is -2.69. The number of carbonyl (C=O) groups is 2. The molecule has 6 heteroatoms. The molecule has 2 fully saturated rings. The van der Waals surface area contributed by atoms with Gasteiger partial charge < -0.3 is 20.6 Å². The van der Waals surface area contributed by atoms with Gasteiger partial charge in [-0.05, 0) is 44.7 Å². The highest BCUT2D eigenvalue weighted by Crippen LogP contribution is 2.44. The van der Waals surface area contributed by atoms with E-state index in [-0.39, 0.29) is 48.5 Å². The normalized spacial score (nSPS) is 24.3. The minimum atomic E-state index is -0.236. The summed E-state index contributed by atoms with van der Waals surface area (Å²) < 4.78 is 0. The number of urea groups is 1. The second kappa shape index (κ2) is 8.78. The maximum absolute atomic E-state index is 12.8. The standard InChI is InChI=1S/C22H31N3O3/c1-4-5-15-6-8-16(9-7-15)20-18(12-23-22(28)24-14(2)3)25(19(20)13-26)21(27)17-10-11-17/h4-9,14,17-20,26H,10-13H2,1-3H3,(H2,23,24,28)/t18-,19+,20+/m0/s1. The van der Waals surface area contributed by atoms with Crippen molar-refractivity contribution in [2.45, 2.75) is 57.7 Å². The number of aliphatic hydroxyl groups is 1. The van der Waals surface area contributed by atoms with E-state index in [1.807, 2.05) is 45.1 Å². The van der Waals surface area contributed by atoms with Crippen LogP contribution in [0.15, 0.2) is 30.3 Å². The Morgan fingerprint density at radius 1 is 1.21 bits per heavy atom. The SMILES string of the molecule is CC=Cc1ccc([C@H]2[C@@H](CO)N(C(=O)C3CC3)[C@H]2CNC(=O)NC(C)C)cc1. The zero-order valence-electron chi connectivity index (χ0n) is 16.9. The molecule has 0 spiro atoms. The van der Waals surface area contributed by atoms with Crippen molar-refractivity contribution in [1.82, 2.24) is 15.5 Å². The van der Waals surface area contributed by atoms with Crippen molar-refractivity contribution in [3.8, 4) is 0 Å². The van der Waals surface area contributed by atoms with Gasteiger partial charge in [0.05, 0.1) is 18.7 Å². The molecule has 0 unspecified atom stereocenters. The predicted molar refractivity (Wildman–Crippen MR) is 110 cm³/mol. The van der Waals surface area contributed by atoms with Gasteiger partial charge in [0.2, 0.25) is 5.91 Å². The fourth-order valence-electron chi connectivity index (χ4n) is 4.02. The lowest BCUT2D eigenvalue weighted by Gasteiger charge is -2.55. The van der Waals surface area contributed by atoms with Crippen LogP contribution in [0.25, 0.3) is 6.08 Å². The summed E-state index contributed by atoms with van der Waals surface area (Å²) in [7, 11) is 0. The first kappa shape index (κ1) is 20.4. The predicted octanol–water partition coefficient (Wildman–Crippen LogP) is 2.49. The Morgan fingerprint density at radius 2 is 1.89 bits per heavy atom. The van der Waals surface area contributed by atoms with Crippen LogP contribution < -0.4 is 10.6 Å². The summed E-state index contributed by atoms with van der Waals surface area (Å²) in [6.45, 7) is 6.08. The second-order valence-electron chi connectivity index (χ2n) is 8.04. The zero-order valence-corrected chi connectivity index (χ0v) is 16.9. The van der Waals surface area contributed by atoms with E-state index in [1.54, 1.807) is 4.90 Å². The molecule has 3 amide bonds. The van der Waals surface area contributed by atoms with E-state index < -0.39 is 0 Å². The molecular formula is C22H31N3O3. The van der Waals surface area contributed by atoms with Crippen molar-refractivity contribution in [3.05, 3.63) is 41.5 Å². The van der Waals surface area contributed by atoms with E-state index in [0.29, 0.717) is 6.54 Å². The molecule has 1 aromatic carbocycles. The van der Waals surface area contributed by atoms with Crippen LogP contribution in [-0.4, -0.2) is 53.2 Å². The van der Waals surface area contributed by atoms with Crippen LogP contribution in [0, 0.1) is 5.92 Å². The Kier molecular flexibility index (Phi) is 6.39. The highest BCUT2D eigenvalue weighted by atomic mass is 16.3. The van der Waals surface area contributed by atoms with Gasteiger partial charge in [-0.2, -0.15) is 0 Å². The molecule has 3 rings (SSSR count). The van der Waals surface area contributed by atoms with E-state index in [4.69, 9.17) is 0 Å². The van der Waals surface area contributed by atoms with Crippen molar-refractivity contribution in [3.63, 3.8) is 0 Å². The van der Waals surface area contributed by atoms with Gasteiger partial charge in [-0.25, -0.2) is 4.79 Å². The van der Waals surface area contributed by atoms with E-state index in [9.17, 15) is 14.7 Å². The average Bonchev–Trinajstić information content (AvgIpc) is 3.47. The van der Waals surface area contributed by atoms with Crippen molar-refractivity contribution >= 4 is 18.0 Å². The molecule has 1 aliphatic carbocycles. The number of nitrogens with one attached hydrogen (secondary N) is 2. The number of rotatable bonds is 7.